The molecule has 0 aliphatic heterocycles. The minimum absolute atomic E-state index is 0.340. The first-order valence-electron chi connectivity index (χ1n) is 5.76. The van der Waals surface area contributed by atoms with Gasteiger partial charge in [-0.2, -0.15) is 13.2 Å². The maximum atomic E-state index is 12.6. The van der Waals surface area contributed by atoms with E-state index in [2.05, 4.69) is 10.3 Å². The summed E-state index contributed by atoms with van der Waals surface area (Å²) in [5, 5.41) is 3.59. The SMILES string of the molecule is FC(F)(F)c1ccc2sc(NCc3ccco3)nc2c1. The van der Waals surface area contributed by atoms with E-state index in [1.165, 1.54) is 17.4 Å². The Morgan fingerprint density at radius 3 is 2.80 bits per heavy atom. The second kappa shape index (κ2) is 4.82. The molecule has 0 unspecified atom stereocenters. The van der Waals surface area contributed by atoms with Crippen LogP contribution < -0.4 is 5.32 Å². The zero-order valence-electron chi connectivity index (χ0n) is 10.1. The molecule has 0 radical (unpaired) electrons. The van der Waals surface area contributed by atoms with E-state index in [1.807, 2.05) is 6.07 Å². The number of halogens is 3. The van der Waals surface area contributed by atoms with Gasteiger partial charge in [-0.15, -0.1) is 0 Å². The van der Waals surface area contributed by atoms with Gasteiger partial charge in [-0.3, -0.25) is 0 Å². The molecular weight excluding hydrogens is 289 g/mol. The van der Waals surface area contributed by atoms with Crippen molar-refractivity contribution in [2.75, 3.05) is 5.32 Å². The van der Waals surface area contributed by atoms with Crippen molar-refractivity contribution in [3.05, 3.63) is 47.9 Å². The summed E-state index contributed by atoms with van der Waals surface area (Å²) in [5.41, 5.74) is -0.348. The lowest BCUT2D eigenvalue weighted by atomic mass is 10.2. The Morgan fingerprint density at radius 1 is 1.25 bits per heavy atom. The molecule has 3 rings (SSSR count). The highest BCUT2D eigenvalue weighted by molar-refractivity contribution is 7.22. The van der Waals surface area contributed by atoms with E-state index >= 15 is 0 Å². The van der Waals surface area contributed by atoms with Gasteiger partial charge in [0.15, 0.2) is 5.13 Å². The number of rotatable bonds is 3. The molecule has 0 saturated carbocycles. The van der Waals surface area contributed by atoms with Gasteiger partial charge in [0.2, 0.25) is 0 Å². The standard InChI is InChI=1S/C13H9F3N2OS/c14-13(15,16)8-3-4-11-10(6-8)18-12(20-11)17-7-9-2-1-5-19-9/h1-6H,7H2,(H,17,18). The lowest BCUT2D eigenvalue weighted by Gasteiger charge is -2.04. The number of fused-ring (bicyclic) bond motifs is 1. The highest BCUT2D eigenvalue weighted by atomic mass is 32.1. The van der Waals surface area contributed by atoms with Gasteiger partial charge in [0.1, 0.15) is 5.76 Å². The molecule has 1 aromatic carbocycles. The number of benzene rings is 1. The van der Waals surface area contributed by atoms with E-state index < -0.39 is 11.7 Å². The maximum Gasteiger partial charge on any atom is 0.416 e. The van der Waals surface area contributed by atoms with Gasteiger partial charge >= 0.3 is 6.18 Å². The number of aromatic nitrogens is 1. The average molecular weight is 298 g/mol. The van der Waals surface area contributed by atoms with Crippen molar-refractivity contribution in [1.82, 2.24) is 4.98 Å². The molecule has 0 aliphatic rings. The van der Waals surface area contributed by atoms with E-state index in [9.17, 15) is 13.2 Å². The number of alkyl halides is 3. The summed E-state index contributed by atoms with van der Waals surface area (Å²) >= 11 is 1.31. The van der Waals surface area contributed by atoms with Gasteiger partial charge in [0, 0.05) is 0 Å². The number of hydrogen-bond acceptors (Lipinski definition) is 4. The van der Waals surface area contributed by atoms with Crippen molar-refractivity contribution in [2.45, 2.75) is 12.7 Å². The zero-order valence-corrected chi connectivity index (χ0v) is 10.9. The van der Waals surface area contributed by atoms with Crippen LogP contribution in [0.1, 0.15) is 11.3 Å². The largest absolute Gasteiger partial charge is 0.467 e. The first-order chi connectivity index (χ1) is 9.52. The Kier molecular flexibility index (Phi) is 3.13. The van der Waals surface area contributed by atoms with Gasteiger partial charge in [0.25, 0.3) is 0 Å². The quantitative estimate of drug-likeness (QED) is 0.772. The highest BCUT2D eigenvalue weighted by Crippen LogP contribution is 2.34. The first-order valence-corrected chi connectivity index (χ1v) is 6.58. The number of hydrogen-bond donors (Lipinski definition) is 1. The van der Waals surface area contributed by atoms with Crippen LogP contribution in [0.15, 0.2) is 41.0 Å². The fourth-order valence-electron chi connectivity index (χ4n) is 1.76. The molecule has 2 heterocycles. The van der Waals surface area contributed by atoms with Gasteiger partial charge in [-0.05, 0) is 30.3 Å². The van der Waals surface area contributed by atoms with Crippen molar-refractivity contribution < 1.29 is 17.6 Å². The Bertz CT molecular complexity index is 719. The Balaban J connectivity index is 1.83. The number of furan rings is 1. The predicted octanol–water partition coefficient (Wildman–Crippen LogP) is 4.52. The Hall–Kier alpha value is -2.02. The van der Waals surface area contributed by atoms with E-state index in [0.717, 1.165) is 17.9 Å². The fraction of sp³-hybridized carbons (Fsp3) is 0.154. The van der Waals surface area contributed by atoms with Crippen molar-refractivity contribution in [2.24, 2.45) is 0 Å². The van der Waals surface area contributed by atoms with Gasteiger partial charge in [-0.25, -0.2) is 4.98 Å². The van der Waals surface area contributed by atoms with E-state index in [1.54, 1.807) is 12.3 Å². The van der Waals surface area contributed by atoms with E-state index in [4.69, 9.17) is 4.42 Å². The van der Waals surface area contributed by atoms with Crippen molar-refractivity contribution in [1.29, 1.82) is 0 Å². The van der Waals surface area contributed by atoms with Crippen LogP contribution in [-0.4, -0.2) is 4.98 Å². The van der Waals surface area contributed by atoms with E-state index in [-0.39, 0.29) is 0 Å². The lowest BCUT2D eigenvalue weighted by molar-refractivity contribution is -0.137. The monoisotopic (exact) mass is 298 g/mol. The number of anilines is 1. The van der Waals surface area contributed by atoms with Crippen LogP contribution in [0.25, 0.3) is 10.2 Å². The smallest absolute Gasteiger partial charge is 0.416 e. The highest BCUT2D eigenvalue weighted by Gasteiger charge is 2.30. The molecule has 0 aliphatic carbocycles. The molecule has 3 nitrogen and oxygen atoms in total. The zero-order chi connectivity index (χ0) is 14.2. The first kappa shape index (κ1) is 13.0. The van der Waals surface area contributed by atoms with Crippen LogP contribution >= 0.6 is 11.3 Å². The minimum atomic E-state index is -4.35. The van der Waals surface area contributed by atoms with Crippen LogP contribution in [0.5, 0.6) is 0 Å². The number of nitrogens with zero attached hydrogens (tertiary/aromatic N) is 1. The molecule has 1 N–H and O–H groups in total. The normalized spacial score (nSPS) is 11.9. The fourth-order valence-corrected chi connectivity index (χ4v) is 2.60. The summed E-state index contributed by atoms with van der Waals surface area (Å²) < 4.78 is 43.7. The molecule has 0 fully saturated rings. The Morgan fingerprint density at radius 2 is 2.10 bits per heavy atom. The topological polar surface area (TPSA) is 38.1 Å². The summed E-state index contributed by atoms with van der Waals surface area (Å²) in [7, 11) is 0. The van der Waals surface area contributed by atoms with Crippen molar-refractivity contribution in [3.63, 3.8) is 0 Å². The lowest BCUT2D eigenvalue weighted by Crippen LogP contribution is -2.04. The molecule has 0 atom stereocenters. The van der Waals surface area contributed by atoms with Crippen LogP contribution in [0.3, 0.4) is 0 Å². The molecule has 104 valence electrons. The molecule has 2 aromatic heterocycles. The summed E-state index contributed by atoms with van der Waals surface area (Å²) in [6.45, 7) is 0.443. The molecule has 7 heteroatoms. The second-order valence-electron chi connectivity index (χ2n) is 4.13. The maximum absolute atomic E-state index is 12.6. The second-order valence-corrected chi connectivity index (χ2v) is 5.16. The number of nitrogens with one attached hydrogen (secondary N) is 1. The molecular formula is C13H9F3N2OS. The minimum Gasteiger partial charge on any atom is -0.467 e. The third-order valence-electron chi connectivity index (χ3n) is 2.71. The molecule has 0 spiro atoms. The molecule has 0 saturated heterocycles. The van der Waals surface area contributed by atoms with Crippen LogP contribution in [-0.2, 0) is 12.7 Å². The van der Waals surface area contributed by atoms with Crippen molar-refractivity contribution in [3.8, 4) is 0 Å². The van der Waals surface area contributed by atoms with Gasteiger partial charge < -0.3 is 9.73 Å². The van der Waals surface area contributed by atoms with E-state index in [0.29, 0.717) is 21.9 Å². The third-order valence-corrected chi connectivity index (χ3v) is 3.70. The molecule has 0 amide bonds. The predicted molar refractivity (Wildman–Crippen MR) is 70.7 cm³/mol. The summed E-state index contributed by atoms with van der Waals surface area (Å²) in [5.74, 6) is 0.736. The van der Waals surface area contributed by atoms with Gasteiger partial charge in [0.05, 0.1) is 28.6 Å². The number of thiazole rings is 1. The Labute approximate surface area is 116 Å². The van der Waals surface area contributed by atoms with Crippen LogP contribution in [0.4, 0.5) is 18.3 Å². The molecule has 20 heavy (non-hydrogen) atoms. The van der Waals surface area contributed by atoms with Crippen LogP contribution in [0, 0.1) is 0 Å². The summed E-state index contributed by atoms with van der Waals surface area (Å²) in [6.07, 6.45) is -2.79. The molecule has 3 aromatic rings. The molecule has 0 bridgehead atoms. The summed E-state index contributed by atoms with van der Waals surface area (Å²) in [6, 6.07) is 7.14. The third kappa shape index (κ3) is 2.62. The average Bonchev–Trinajstić information content (AvgIpc) is 3.03. The van der Waals surface area contributed by atoms with Crippen molar-refractivity contribution >= 4 is 26.7 Å². The van der Waals surface area contributed by atoms with Gasteiger partial charge in [-0.1, -0.05) is 11.3 Å². The van der Waals surface area contributed by atoms with Crippen LogP contribution in [0.2, 0.25) is 0 Å². The summed E-state index contributed by atoms with van der Waals surface area (Å²) in [4.78, 5) is 4.15.